The Morgan fingerprint density at radius 1 is 0.925 bits per heavy atom. The third-order valence-corrected chi connectivity index (χ3v) is 8.63. The van der Waals surface area contributed by atoms with E-state index in [4.69, 9.17) is 35.3 Å². The van der Waals surface area contributed by atoms with E-state index in [0.29, 0.717) is 36.8 Å². The normalized spacial score (nSPS) is 28.8. The molecule has 2 unspecified atom stereocenters. The lowest BCUT2D eigenvalue weighted by Crippen LogP contribution is -2.48. The summed E-state index contributed by atoms with van der Waals surface area (Å²) >= 11 is 6.57. The van der Waals surface area contributed by atoms with Gasteiger partial charge in [0.05, 0.1) is 25.2 Å². The van der Waals surface area contributed by atoms with Crippen molar-refractivity contribution in [3.8, 4) is 5.75 Å². The Morgan fingerprint density at radius 2 is 1.65 bits per heavy atom. The molecule has 1 aliphatic carbocycles. The molecule has 3 fully saturated rings. The standard InChI is InChI=1S/C32H41ClF2O5/c1-2-36-26-12-9-22(10-13-26)17-24-18-23(11-14-29(24)33)28-20-27(40-31-8-4-6-16-38-31)19-25(32(28,34)35)21-39-30-7-3-5-15-37-30/h9-14,18,25,27-28,30-31H,2-8,15-17,19-21H2,1H3/t25-,27-,28+,30?,31?/m0/s1. The van der Waals surface area contributed by atoms with Gasteiger partial charge in [0.2, 0.25) is 0 Å². The average molecular weight is 579 g/mol. The van der Waals surface area contributed by atoms with Crippen LogP contribution in [-0.4, -0.2) is 51.0 Å². The van der Waals surface area contributed by atoms with Gasteiger partial charge in [0.1, 0.15) is 5.75 Å². The van der Waals surface area contributed by atoms with Crippen LogP contribution in [0.4, 0.5) is 8.78 Å². The topological polar surface area (TPSA) is 46.2 Å². The zero-order valence-electron chi connectivity index (χ0n) is 23.3. The number of rotatable bonds is 10. The summed E-state index contributed by atoms with van der Waals surface area (Å²) in [5.41, 5.74) is 2.43. The molecule has 8 heteroatoms. The van der Waals surface area contributed by atoms with Crippen molar-refractivity contribution in [1.29, 1.82) is 0 Å². The van der Waals surface area contributed by atoms with Crippen LogP contribution in [0.2, 0.25) is 5.02 Å². The molecule has 2 aromatic rings. The maximum Gasteiger partial charge on any atom is 0.260 e. The zero-order valence-corrected chi connectivity index (χ0v) is 24.1. The van der Waals surface area contributed by atoms with Crippen molar-refractivity contribution >= 4 is 11.6 Å². The minimum absolute atomic E-state index is 0.0633. The van der Waals surface area contributed by atoms with Gasteiger partial charge in [-0.15, -0.1) is 0 Å². The molecule has 40 heavy (non-hydrogen) atoms. The van der Waals surface area contributed by atoms with Gasteiger partial charge in [-0.2, -0.15) is 0 Å². The highest BCUT2D eigenvalue weighted by atomic mass is 35.5. The molecule has 2 aliphatic heterocycles. The van der Waals surface area contributed by atoms with E-state index in [-0.39, 0.29) is 31.8 Å². The minimum atomic E-state index is -2.98. The number of hydrogen-bond donors (Lipinski definition) is 0. The Balaban J connectivity index is 1.36. The van der Waals surface area contributed by atoms with E-state index in [2.05, 4.69) is 0 Å². The van der Waals surface area contributed by atoms with E-state index < -0.39 is 24.0 Å². The van der Waals surface area contributed by atoms with Crippen LogP contribution in [-0.2, 0) is 25.4 Å². The number of ether oxygens (including phenoxy) is 5. The highest BCUT2D eigenvalue weighted by Crippen LogP contribution is 2.50. The first-order chi connectivity index (χ1) is 19.4. The lowest BCUT2D eigenvalue weighted by atomic mass is 9.73. The number of halogens is 3. The van der Waals surface area contributed by atoms with Gasteiger partial charge in [-0.3, -0.25) is 0 Å². The van der Waals surface area contributed by atoms with Gasteiger partial charge in [0.25, 0.3) is 5.92 Å². The molecular weight excluding hydrogens is 538 g/mol. The molecule has 2 saturated heterocycles. The molecule has 0 spiro atoms. The van der Waals surface area contributed by atoms with Gasteiger partial charge in [-0.05, 0) is 99.6 Å². The summed E-state index contributed by atoms with van der Waals surface area (Å²) in [4.78, 5) is 0. The van der Waals surface area contributed by atoms with Crippen molar-refractivity contribution in [2.75, 3.05) is 26.4 Å². The Labute approximate surface area is 241 Å². The molecule has 0 N–H and O–H groups in total. The minimum Gasteiger partial charge on any atom is -0.494 e. The lowest BCUT2D eigenvalue weighted by Gasteiger charge is -2.43. The van der Waals surface area contributed by atoms with E-state index in [0.717, 1.165) is 55.4 Å². The maximum absolute atomic E-state index is 16.2. The summed E-state index contributed by atoms with van der Waals surface area (Å²) in [7, 11) is 0. The van der Waals surface area contributed by atoms with Crippen LogP contribution in [0.15, 0.2) is 42.5 Å². The highest BCUT2D eigenvalue weighted by molar-refractivity contribution is 6.31. The molecule has 0 aromatic heterocycles. The van der Waals surface area contributed by atoms with Crippen LogP contribution >= 0.6 is 11.6 Å². The fourth-order valence-electron chi connectivity index (χ4n) is 6.06. The second-order valence-corrected chi connectivity index (χ2v) is 11.6. The fraction of sp³-hybridized carbons (Fsp3) is 0.625. The zero-order chi connectivity index (χ0) is 28.0. The number of hydrogen-bond acceptors (Lipinski definition) is 5. The first-order valence-electron chi connectivity index (χ1n) is 14.8. The number of benzene rings is 2. The molecule has 0 bridgehead atoms. The van der Waals surface area contributed by atoms with Gasteiger partial charge in [0.15, 0.2) is 12.6 Å². The molecule has 5 atom stereocenters. The molecule has 3 aliphatic rings. The second-order valence-electron chi connectivity index (χ2n) is 11.2. The van der Waals surface area contributed by atoms with E-state index in [1.54, 1.807) is 12.1 Å². The smallest absolute Gasteiger partial charge is 0.260 e. The second kappa shape index (κ2) is 13.9. The number of alkyl halides is 2. The SMILES string of the molecule is CCOc1ccc(Cc2cc([C@H]3C[C@@H](OC4CCCCO4)C[C@@H](COC4CCCCO4)C3(F)F)ccc2Cl)cc1. The lowest BCUT2D eigenvalue weighted by molar-refractivity contribution is -0.234. The highest BCUT2D eigenvalue weighted by Gasteiger charge is 2.53. The monoisotopic (exact) mass is 578 g/mol. The summed E-state index contributed by atoms with van der Waals surface area (Å²) < 4.78 is 61.7. The molecule has 2 heterocycles. The Kier molecular flexibility index (Phi) is 10.3. The van der Waals surface area contributed by atoms with Crippen molar-refractivity contribution < 1.29 is 32.5 Å². The molecule has 0 amide bonds. The van der Waals surface area contributed by atoms with Crippen LogP contribution < -0.4 is 4.74 Å². The maximum atomic E-state index is 16.2. The van der Waals surface area contributed by atoms with Crippen LogP contribution in [0.1, 0.15) is 80.9 Å². The summed E-state index contributed by atoms with van der Waals surface area (Å²) in [6.07, 6.45) is 5.41. The Hall–Kier alpha value is -1.77. The Morgan fingerprint density at radius 3 is 2.33 bits per heavy atom. The van der Waals surface area contributed by atoms with E-state index >= 15 is 8.78 Å². The van der Waals surface area contributed by atoms with Gasteiger partial charge in [-0.25, -0.2) is 8.78 Å². The first kappa shape index (κ1) is 29.7. The molecule has 2 aromatic carbocycles. The first-order valence-corrected chi connectivity index (χ1v) is 15.2. The van der Waals surface area contributed by atoms with Crippen LogP contribution in [0.5, 0.6) is 5.75 Å². The summed E-state index contributed by atoms with van der Waals surface area (Å²) in [6.45, 7) is 3.74. The van der Waals surface area contributed by atoms with Crippen LogP contribution in [0.25, 0.3) is 0 Å². The third kappa shape index (κ3) is 7.54. The average Bonchev–Trinajstić information content (AvgIpc) is 2.96. The molecule has 5 rings (SSSR count). The quantitative estimate of drug-likeness (QED) is 0.287. The van der Waals surface area contributed by atoms with Crippen molar-refractivity contribution in [3.63, 3.8) is 0 Å². The summed E-state index contributed by atoms with van der Waals surface area (Å²) in [5, 5.41) is 0.564. The van der Waals surface area contributed by atoms with Crippen LogP contribution in [0.3, 0.4) is 0 Å². The van der Waals surface area contributed by atoms with Crippen LogP contribution in [0, 0.1) is 5.92 Å². The van der Waals surface area contributed by atoms with Gasteiger partial charge in [-0.1, -0.05) is 35.9 Å². The van der Waals surface area contributed by atoms with Gasteiger partial charge >= 0.3 is 0 Å². The molecule has 0 radical (unpaired) electrons. The third-order valence-electron chi connectivity index (χ3n) is 8.26. The van der Waals surface area contributed by atoms with Crippen molar-refractivity contribution in [3.05, 3.63) is 64.2 Å². The van der Waals surface area contributed by atoms with E-state index in [1.165, 1.54) is 0 Å². The van der Waals surface area contributed by atoms with Gasteiger partial charge in [0, 0.05) is 24.2 Å². The van der Waals surface area contributed by atoms with Crippen molar-refractivity contribution in [1.82, 2.24) is 0 Å². The summed E-state index contributed by atoms with van der Waals surface area (Å²) in [6, 6.07) is 13.1. The predicted octanol–water partition coefficient (Wildman–Crippen LogP) is 7.91. The van der Waals surface area contributed by atoms with E-state index in [9.17, 15) is 0 Å². The molecular formula is C32H41ClF2O5. The van der Waals surface area contributed by atoms with Gasteiger partial charge < -0.3 is 23.7 Å². The summed E-state index contributed by atoms with van der Waals surface area (Å²) in [5.74, 6) is -4.19. The Bertz CT molecular complexity index is 1070. The fourth-order valence-corrected chi connectivity index (χ4v) is 6.24. The molecule has 1 saturated carbocycles. The van der Waals surface area contributed by atoms with Crippen molar-refractivity contribution in [2.45, 2.75) is 95.2 Å². The molecule has 220 valence electrons. The van der Waals surface area contributed by atoms with Crippen molar-refractivity contribution in [2.24, 2.45) is 5.92 Å². The predicted molar refractivity (Wildman–Crippen MR) is 150 cm³/mol. The molecule has 5 nitrogen and oxygen atoms in total. The largest absolute Gasteiger partial charge is 0.494 e. The van der Waals surface area contributed by atoms with E-state index in [1.807, 2.05) is 37.3 Å².